The average molecular weight is 404 g/mol. The Morgan fingerprint density at radius 2 is 1.84 bits per heavy atom. The lowest BCUT2D eigenvalue weighted by molar-refractivity contribution is -0.115. The van der Waals surface area contributed by atoms with Crippen LogP contribution in [0.4, 0.5) is 10.5 Å². The molecule has 0 aliphatic rings. The second-order valence-corrected chi connectivity index (χ2v) is 6.77. The van der Waals surface area contributed by atoms with E-state index in [1.807, 2.05) is 50.2 Å². The molecule has 0 radical (unpaired) electrons. The van der Waals surface area contributed by atoms with Gasteiger partial charge in [-0.25, -0.2) is 4.79 Å². The molecule has 132 valence electrons. The summed E-state index contributed by atoms with van der Waals surface area (Å²) in [5.41, 5.74) is 4.05. The van der Waals surface area contributed by atoms with E-state index in [0.717, 1.165) is 22.1 Å². The molecule has 3 N–H and O–H groups in total. The number of urea groups is 1. The van der Waals surface area contributed by atoms with Crippen LogP contribution in [-0.2, 0) is 11.2 Å². The third-order valence-electron chi connectivity index (χ3n) is 3.65. The zero-order valence-corrected chi connectivity index (χ0v) is 15.9. The summed E-state index contributed by atoms with van der Waals surface area (Å²) in [5, 5.41) is 8.09. The summed E-state index contributed by atoms with van der Waals surface area (Å²) in [6, 6.07) is 13.4. The maximum absolute atomic E-state index is 11.9. The van der Waals surface area contributed by atoms with Gasteiger partial charge in [-0.2, -0.15) is 0 Å². The molecule has 2 rings (SSSR count). The highest BCUT2D eigenvalue weighted by Crippen LogP contribution is 2.19. The smallest absolute Gasteiger partial charge is 0.315 e. The maximum Gasteiger partial charge on any atom is 0.315 e. The van der Waals surface area contributed by atoms with Gasteiger partial charge in [0.25, 0.3) is 0 Å². The molecule has 2 aromatic carbocycles. The minimum absolute atomic E-state index is 0.0776. The lowest BCUT2D eigenvalue weighted by Gasteiger charge is -2.10. The molecule has 0 atom stereocenters. The monoisotopic (exact) mass is 403 g/mol. The zero-order chi connectivity index (χ0) is 18.2. The summed E-state index contributed by atoms with van der Waals surface area (Å²) in [7, 11) is 0. The number of hydrogen-bond donors (Lipinski definition) is 3. The van der Waals surface area contributed by atoms with Crippen LogP contribution in [0.25, 0.3) is 0 Å². The molecule has 0 bridgehead atoms. The highest BCUT2D eigenvalue weighted by atomic mass is 79.9. The molecular formula is C19H22BrN3O2. The molecule has 6 heteroatoms. The molecule has 0 unspecified atom stereocenters. The number of anilines is 1. The highest BCUT2D eigenvalue weighted by molar-refractivity contribution is 9.10. The van der Waals surface area contributed by atoms with Crippen LogP contribution in [0.15, 0.2) is 46.9 Å². The van der Waals surface area contributed by atoms with Crippen molar-refractivity contribution in [2.45, 2.75) is 20.3 Å². The molecule has 0 aliphatic heterocycles. The number of carbonyl (C=O) groups excluding carboxylic acids is 2. The Kier molecular flexibility index (Phi) is 7.01. The Morgan fingerprint density at radius 3 is 2.56 bits per heavy atom. The Balaban J connectivity index is 1.69. The zero-order valence-electron chi connectivity index (χ0n) is 14.4. The highest BCUT2D eigenvalue weighted by Gasteiger charge is 2.07. The van der Waals surface area contributed by atoms with Crippen LogP contribution in [0.1, 0.15) is 16.7 Å². The lowest BCUT2D eigenvalue weighted by Crippen LogP contribution is -2.40. The van der Waals surface area contributed by atoms with Crippen LogP contribution in [0.5, 0.6) is 0 Å². The van der Waals surface area contributed by atoms with E-state index in [4.69, 9.17) is 0 Å². The fourth-order valence-corrected chi connectivity index (χ4v) is 2.85. The van der Waals surface area contributed by atoms with Gasteiger partial charge >= 0.3 is 6.03 Å². The minimum atomic E-state index is -0.352. The van der Waals surface area contributed by atoms with Crippen LogP contribution >= 0.6 is 15.9 Å². The van der Waals surface area contributed by atoms with E-state index in [9.17, 15) is 9.59 Å². The van der Waals surface area contributed by atoms with Gasteiger partial charge in [-0.05, 0) is 49.6 Å². The third kappa shape index (κ3) is 6.58. The number of nitrogens with one attached hydrogen (secondary N) is 3. The third-order valence-corrected chi connectivity index (χ3v) is 4.15. The first-order chi connectivity index (χ1) is 11.9. The average Bonchev–Trinajstić information content (AvgIpc) is 2.56. The predicted octanol–water partition coefficient (Wildman–Crippen LogP) is 3.55. The number of rotatable bonds is 6. The molecule has 0 saturated carbocycles. The van der Waals surface area contributed by atoms with Gasteiger partial charge < -0.3 is 16.0 Å². The normalized spacial score (nSPS) is 10.2. The Morgan fingerprint density at radius 1 is 1.04 bits per heavy atom. The van der Waals surface area contributed by atoms with Gasteiger partial charge in [0.2, 0.25) is 5.91 Å². The summed E-state index contributed by atoms with van der Waals surface area (Å²) in [5.74, 6) is -0.265. The van der Waals surface area contributed by atoms with Crippen molar-refractivity contribution in [1.82, 2.24) is 10.6 Å². The van der Waals surface area contributed by atoms with Crippen LogP contribution in [0.3, 0.4) is 0 Å². The van der Waals surface area contributed by atoms with Crippen LogP contribution in [0, 0.1) is 13.8 Å². The molecular weight excluding hydrogens is 382 g/mol. The van der Waals surface area contributed by atoms with Crippen molar-refractivity contribution in [1.29, 1.82) is 0 Å². The van der Waals surface area contributed by atoms with Gasteiger partial charge in [-0.15, -0.1) is 0 Å². The fraction of sp³-hybridized carbons (Fsp3) is 0.263. The molecule has 0 aromatic heterocycles. The van der Waals surface area contributed by atoms with Crippen molar-refractivity contribution in [3.05, 3.63) is 63.6 Å². The van der Waals surface area contributed by atoms with Crippen LogP contribution in [-0.4, -0.2) is 25.0 Å². The van der Waals surface area contributed by atoms with E-state index in [1.165, 1.54) is 11.1 Å². The summed E-state index contributed by atoms with van der Waals surface area (Å²) in [6.07, 6.45) is 0.749. The molecule has 5 nitrogen and oxygen atoms in total. The largest absolute Gasteiger partial charge is 0.338 e. The van der Waals surface area contributed by atoms with Gasteiger partial charge in [-0.1, -0.05) is 45.8 Å². The minimum Gasteiger partial charge on any atom is -0.338 e. The molecule has 25 heavy (non-hydrogen) atoms. The van der Waals surface area contributed by atoms with E-state index in [0.29, 0.717) is 6.54 Å². The maximum atomic E-state index is 11.9. The van der Waals surface area contributed by atoms with E-state index in [1.54, 1.807) is 0 Å². The van der Waals surface area contributed by atoms with Gasteiger partial charge in [0, 0.05) is 16.7 Å². The molecule has 0 saturated heterocycles. The predicted molar refractivity (Wildman–Crippen MR) is 104 cm³/mol. The summed E-state index contributed by atoms with van der Waals surface area (Å²) in [6.45, 7) is 4.38. The van der Waals surface area contributed by atoms with Gasteiger partial charge in [0.05, 0.1) is 6.54 Å². The quantitative estimate of drug-likeness (QED) is 0.689. The Hall–Kier alpha value is -2.34. The van der Waals surface area contributed by atoms with Crippen molar-refractivity contribution < 1.29 is 9.59 Å². The number of aryl methyl sites for hydroxylation is 2. The second-order valence-electron chi connectivity index (χ2n) is 5.86. The van der Waals surface area contributed by atoms with E-state index < -0.39 is 0 Å². The summed E-state index contributed by atoms with van der Waals surface area (Å²) >= 11 is 3.38. The van der Waals surface area contributed by atoms with Crippen molar-refractivity contribution >= 4 is 33.6 Å². The Labute approximate surface area is 156 Å². The molecule has 0 aliphatic carbocycles. The van der Waals surface area contributed by atoms with Gasteiger partial charge in [0.15, 0.2) is 0 Å². The van der Waals surface area contributed by atoms with Gasteiger partial charge in [-0.3, -0.25) is 4.79 Å². The first-order valence-corrected chi connectivity index (χ1v) is 8.86. The first-order valence-electron chi connectivity index (χ1n) is 8.07. The number of carbonyl (C=O) groups is 2. The summed E-state index contributed by atoms with van der Waals surface area (Å²) in [4.78, 5) is 23.7. The van der Waals surface area contributed by atoms with Crippen molar-refractivity contribution in [2.24, 2.45) is 0 Å². The lowest BCUT2D eigenvalue weighted by atomic mass is 10.1. The summed E-state index contributed by atoms with van der Waals surface area (Å²) < 4.78 is 0.953. The molecule has 0 spiro atoms. The molecule has 0 heterocycles. The van der Waals surface area contributed by atoms with E-state index in [-0.39, 0.29) is 18.5 Å². The van der Waals surface area contributed by atoms with Crippen molar-refractivity contribution in [3.8, 4) is 0 Å². The van der Waals surface area contributed by atoms with Crippen molar-refractivity contribution in [3.63, 3.8) is 0 Å². The first kappa shape index (κ1) is 19.0. The molecule has 2 aromatic rings. The van der Waals surface area contributed by atoms with E-state index >= 15 is 0 Å². The Bertz CT molecular complexity index is 762. The van der Waals surface area contributed by atoms with Crippen LogP contribution in [0.2, 0.25) is 0 Å². The number of hydrogen-bond acceptors (Lipinski definition) is 2. The topological polar surface area (TPSA) is 70.2 Å². The molecule has 0 fully saturated rings. The fourth-order valence-electron chi connectivity index (χ4n) is 2.37. The van der Waals surface area contributed by atoms with Gasteiger partial charge in [0.1, 0.15) is 0 Å². The standard InChI is InChI=1S/C19H22BrN3O2/c1-13-4-3-5-15(10-13)8-9-21-19(25)22-12-18(24)23-17-7-6-16(20)11-14(17)2/h3-7,10-11H,8-9,12H2,1-2H3,(H,23,24)(H2,21,22,25). The SMILES string of the molecule is Cc1cccc(CCNC(=O)NCC(=O)Nc2ccc(Br)cc2C)c1. The second kappa shape index (κ2) is 9.22. The molecule has 3 amide bonds. The number of benzene rings is 2. The number of halogens is 1. The van der Waals surface area contributed by atoms with E-state index in [2.05, 4.69) is 37.9 Å². The number of amides is 3. The van der Waals surface area contributed by atoms with Crippen LogP contribution < -0.4 is 16.0 Å². The van der Waals surface area contributed by atoms with Crippen molar-refractivity contribution in [2.75, 3.05) is 18.4 Å².